The second-order valence-corrected chi connectivity index (χ2v) is 8.00. The molecule has 0 aliphatic carbocycles. The fraction of sp³-hybridized carbons (Fsp3) is 0.280. The number of carbonyl (C=O) groups is 2. The van der Waals surface area contributed by atoms with Crippen LogP contribution in [0.5, 0.6) is 0 Å². The maximum absolute atomic E-state index is 13.1. The van der Waals surface area contributed by atoms with Gasteiger partial charge in [0.1, 0.15) is 6.04 Å². The van der Waals surface area contributed by atoms with Crippen LogP contribution >= 0.6 is 0 Å². The van der Waals surface area contributed by atoms with Gasteiger partial charge in [-0.25, -0.2) is 0 Å². The molecule has 4 N–H and O–H groups in total. The van der Waals surface area contributed by atoms with Gasteiger partial charge < -0.3 is 16.4 Å². The highest BCUT2D eigenvalue weighted by atomic mass is 16.2. The molecule has 2 atom stereocenters. The minimum atomic E-state index is -0.440. The van der Waals surface area contributed by atoms with Gasteiger partial charge >= 0.3 is 0 Å². The lowest BCUT2D eigenvalue weighted by atomic mass is 9.99. The Morgan fingerprint density at radius 1 is 1.03 bits per heavy atom. The van der Waals surface area contributed by atoms with Crippen LogP contribution in [0, 0.1) is 6.92 Å². The third-order valence-corrected chi connectivity index (χ3v) is 5.54. The lowest BCUT2D eigenvalue weighted by Gasteiger charge is -2.22. The predicted octanol–water partition coefficient (Wildman–Crippen LogP) is 3.47. The van der Waals surface area contributed by atoms with Gasteiger partial charge in [0, 0.05) is 17.8 Å². The minimum Gasteiger partial charge on any atom is -0.345 e. The zero-order valence-corrected chi connectivity index (χ0v) is 18.5. The molecule has 162 valence electrons. The Balaban J connectivity index is 1.80. The molecular weight excluding hydrogens is 388 g/mol. The van der Waals surface area contributed by atoms with Gasteiger partial charge in [0.15, 0.2) is 0 Å². The van der Waals surface area contributed by atoms with Crippen molar-refractivity contribution in [2.24, 2.45) is 5.73 Å². The van der Waals surface area contributed by atoms with Gasteiger partial charge in [-0.3, -0.25) is 14.5 Å². The number of hydrogen-bond acceptors (Lipinski definition) is 4. The molecule has 3 aromatic rings. The molecule has 0 fully saturated rings. The molecule has 2 amide bonds. The van der Waals surface area contributed by atoms with Crippen molar-refractivity contribution in [1.82, 2.24) is 10.2 Å². The second-order valence-electron chi connectivity index (χ2n) is 8.00. The normalized spacial score (nSPS) is 13.1. The number of likely N-dealkylation sites (N-methyl/N-ethyl adjacent to an activating group) is 1. The molecule has 0 aromatic heterocycles. The number of fused-ring (bicyclic) bond motifs is 1. The summed E-state index contributed by atoms with van der Waals surface area (Å²) >= 11 is 0. The smallest absolute Gasteiger partial charge is 0.252 e. The van der Waals surface area contributed by atoms with Gasteiger partial charge in [-0.05, 0) is 62.0 Å². The predicted molar refractivity (Wildman–Crippen MR) is 126 cm³/mol. The van der Waals surface area contributed by atoms with Crippen LogP contribution in [0.4, 0.5) is 5.69 Å². The van der Waals surface area contributed by atoms with E-state index in [0.29, 0.717) is 11.3 Å². The number of rotatable bonds is 7. The molecule has 3 rings (SSSR count). The first-order valence-electron chi connectivity index (χ1n) is 10.4. The van der Waals surface area contributed by atoms with E-state index in [1.807, 2.05) is 44.2 Å². The Morgan fingerprint density at radius 2 is 1.74 bits per heavy atom. The quantitative estimate of drug-likeness (QED) is 0.548. The maximum Gasteiger partial charge on any atom is 0.252 e. The highest BCUT2D eigenvalue weighted by Gasteiger charge is 2.20. The average Bonchev–Trinajstić information content (AvgIpc) is 2.74. The summed E-state index contributed by atoms with van der Waals surface area (Å²) in [6.45, 7) is 4.07. The Hall–Kier alpha value is -3.22. The first kappa shape index (κ1) is 22.5. The SMILES string of the molecule is Cc1ccc(NC(=O)[C@H](CN)N(C)C)cc1C(=O)N[C@H](C)c1cccc2ccccc12. The minimum absolute atomic E-state index is 0.174. The van der Waals surface area contributed by atoms with Gasteiger partial charge in [-0.15, -0.1) is 0 Å². The summed E-state index contributed by atoms with van der Waals surface area (Å²) in [4.78, 5) is 27.3. The second kappa shape index (κ2) is 9.73. The van der Waals surface area contributed by atoms with Gasteiger partial charge in [-0.1, -0.05) is 48.5 Å². The average molecular weight is 419 g/mol. The summed E-state index contributed by atoms with van der Waals surface area (Å²) in [5, 5.41) is 8.22. The first-order chi connectivity index (χ1) is 14.8. The van der Waals surface area contributed by atoms with Crippen LogP contribution in [0.1, 0.15) is 34.5 Å². The van der Waals surface area contributed by atoms with Crippen molar-refractivity contribution in [3.8, 4) is 0 Å². The summed E-state index contributed by atoms with van der Waals surface area (Å²) in [6, 6.07) is 18.9. The molecule has 0 radical (unpaired) electrons. The van der Waals surface area contributed by atoms with Crippen LogP contribution in [0.3, 0.4) is 0 Å². The van der Waals surface area contributed by atoms with Crippen molar-refractivity contribution in [3.05, 3.63) is 77.4 Å². The topological polar surface area (TPSA) is 87.5 Å². The summed E-state index contributed by atoms with van der Waals surface area (Å²) in [6.07, 6.45) is 0. The zero-order valence-electron chi connectivity index (χ0n) is 18.5. The molecule has 0 unspecified atom stereocenters. The van der Waals surface area contributed by atoms with Gasteiger partial charge in [0.2, 0.25) is 5.91 Å². The molecule has 0 heterocycles. The van der Waals surface area contributed by atoms with Crippen LogP contribution in [-0.4, -0.2) is 43.4 Å². The molecule has 3 aromatic carbocycles. The standard InChI is InChI=1S/C25H30N4O2/c1-16-12-13-19(28-25(31)23(15-26)29(3)4)14-22(16)24(30)27-17(2)20-11-7-9-18-8-5-6-10-21(18)20/h5-14,17,23H,15,26H2,1-4H3,(H,27,30)(H,28,31)/t17-,23+/m1/s1. The van der Waals surface area contributed by atoms with E-state index in [9.17, 15) is 9.59 Å². The summed E-state index contributed by atoms with van der Waals surface area (Å²) < 4.78 is 0. The van der Waals surface area contributed by atoms with E-state index in [1.54, 1.807) is 31.1 Å². The van der Waals surface area contributed by atoms with E-state index < -0.39 is 6.04 Å². The van der Waals surface area contributed by atoms with Gasteiger partial charge in [0.05, 0.1) is 6.04 Å². The monoisotopic (exact) mass is 418 g/mol. The Morgan fingerprint density at radius 3 is 2.45 bits per heavy atom. The zero-order chi connectivity index (χ0) is 22.5. The van der Waals surface area contributed by atoms with Crippen LogP contribution in [-0.2, 0) is 4.79 Å². The molecule has 6 nitrogen and oxygen atoms in total. The van der Waals surface area contributed by atoms with Crippen LogP contribution in [0.15, 0.2) is 60.7 Å². The number of carbonyl (C=O) groups excluding carboxylic acids is 2. The van der Waals surface area contributed by atoms with Gasteiger partial charge in [0.25, 0.3) is 5.91 Å². The van der Waals surface area contributed by atoms with Crippen molar-refractivity contribution < 1.29 is 9.59 Å². The van der Waals surface area contributed by atoms with E-state index in [-0.39, 0.29) is 24.4 Å². The lowest BCUT2D eigenvalue weighted by molar-refractivity contribution is -0.120. The highest BCUT2D eigenvalue weighted by molar-refractivity contribution is 6.00. The number of nitrogens with zero attached hydrogens (tertiary/aromatic N) is 1. The van der Waals surface area contributed by atoms with E-state index in [2.05, 4.69) is 28.8 Å². The maximum atomic E-state index is 13.1. The van der Waals surface area contributed by atoms with E-state index in [0.717, 1.165) is 21.9 Å². The number of anilines is 1. The third-order valence-electron chi connectivity index (χ3n) is 5.54. The van der Waals surface area contributed by atoms with E-state index in [4.69, 9.17) is 5.73 Å². The fourth-order valence-electron chi connectivity index (χ4n) is 3.70. The Labute approximate surface area is 183 Å². The highest BCUT2D eigenvalue weighted by Crippen LogP contribution is 2.25. The molecule has 6 heteroatoms. The molecular formula is C25H30N4O2. The summed E-state index contributed by atoms with van der Waals surface area (Å²) in [7, 11) is 3.61. The Bertz CT molecular complexity index is 1090. The molecule has 0 spiro atoms. The van der Waals surface area contributed by atoms with E-state index >= 15 is 0 Å². The van der Waals surface area contributed by atoms with Crippen molar-refractivity contribution in [1.29, 1.82) is 0 Å². The Kier molecular flexibility index (Phi) is 7.05. The largest absolute Gasteiger partial charge is 0.345 e. The number of amides is 2. The van der Waals surface area contributed by atoms with E-state index in [1.165, 1.54) is 0 Å². The molecule has 31 heavy (non-hydrogen) atoms. The molecule has 0 saturated heterocycles. The number of benzene rings is 3. The van der Waals surface area contributed by atoms with Crippen LogP contribution in [0.2, 0.25) is 0 Å². The van der Waals surface area contributed by atoms with Crippen LogP contribution < -0.4 is 16.4 Å². The molecule has 0 bridgehead atoms. The first-order valence-corrected chi connectivity index (χ1v) is 10.4. The number of aryl methyl sites for hydroxylation is 1. The van der Waals surface area contributed by atoms with Crippen molar-refractivity contribution in [2.75, 3.05) is 26.0 Å². The molecule has 0 aliphatic heterocycles. The van der Waals surface area contributed by atoms with Crippen molar-refractivity contribution >= 4 is 28.3 Å². The number of nitrogens with one attached hydrogen (secondary N) is 2. The molecule has 0 saturated carbocycles. The molecule has 0 aliphatic rings. The lowest BCUT2D eigenvalue weighted by Crippen LogP contribution is -2.44. The van der Waals surface area contributed by atoms with Gasteiger partial charge in [-0.2, -0.15) is 0 Å². The third kappa shape index (κ3) is 5.10. The fourth-order valence-corrected chi connectivity index (χ4v) is 3.70. The van der Waals surface area contributed by atoms with Crippen LogP contribution in [0.25, 0.3) is 10.8 Å². The van der Waals surface area contributed by atoms with Crippen molar-refractivity contribution in [2.45, 2.75) is 25.9 Å². The summed E-state index contributed by atoms with van der Waals surface area (Å²) in [5.41, 5.74) is 8.71. The number of hydrogen-bond donors (Lipinski definition) is 3. The van der Waals surface area contributed by atoms with Crippen molar-refractivity contribution in [3.63, 3.8) is 0 Å². The summed E-state index contributed by atoms with van der Waals surface area (Å²) in [5.74, 6) is -0.385. The number of nitrogens with two attached hydrogens (primary N) is 1.